The molecule has 0 saturated carbocycles. The number of rotatable bonds is 6. The van der Waals surface area contributed by atoms with E-state index >= 15 is 0 Å². The van der Waals surface area contributed by atoms with Crippen LogP contribution in [0.1, 0.15) is 11.1 Å². The number of halogens is 1. The molecule has 2 N–H and O–H groups in total. The number of benzene rings is 2. The second kappa shape index (κ2) is 7.59. The number of nitrogens with zero attached hydrogens (tertiary/aromatic N) is 1. The normalized spacial score (nSPS) is 12.1. The first-order valence-corrected chi connectivity index (χ1v) is 8.21. The minimum Gasteiger partial charge on any atom is -0.496 e. The van der Waals surface area contributed by atoms with E-state index in [1.54, 1.807) is 7.11 Å². The lowest BCUT2D eigenvalue weighted by Gasteiger charge is -2.10. The first-order chi connectivity index (χ1) is 12.1. The Hall–Kier alpha value is -2.50. The van der Waals surface area contributed by atoms with Crippen LogP contribution in [-0.2, 0) is 22.0 Å². The summed E-state index contributed by atoms with van der Waals surface area (Å²) in [6, 6.07) is 15.1. The largest absolute Gasteiger partial charge is 0.496 e. The number of para-hydroxylation sites is 2. The maximum absolute atomic E-state index is 11.5. The summed E-state index contributed by atoms with van der Waals surface area (Å²) in [6.45, 7) is 0.652. The molecule has 1 aromatic heterocycles. The number of nitrogens with two attached hydrogens (primary N) is 1. The topological polar surface area (TPSA) is 66.5 Å². The SMILES string of the molecule is COc1ccccc1Cn1cc(C[C@H](N)C(=O)OCl)c2ccccc21. The van der Waals surface area contributed by atoms with Gasteiger partial charge in [0.2, 0.25) is 0 Å². The molecule has 0 aliphatic heterocycles. The van der Waals surface area contributed by atoms with Crippen molar-refractivity contribution in [3.05, 3.63) is 65.9 Å². The molecule has 0 radical (unpaired) electrons. The zero-order valence-corrected chi connectivity index (χ0v) is 14.6. The summed E-state index contributed by atoms with van der Waals surface area (Å²) in [4.78, 5) is 11.5. The summed E-state index contributed by atoms with van der Waals surface area (Å²) in [5.74, 6) is 0.201. The molecular weight excluding hydrogens is 340 g/mol. The van der Waals surface area contributed by atoms with Gasteiger partial charge in [-0.3, -0.25) is 0 Å². The molecule has 130 valence electrons. The lowest BCUT2D eigenvalue weighted by Crippen LogP contribution is -2.32. The van der Waals surface area contributed by atoms with Gasteiger partial charge < -0.3 is 19.3 Å². The molecule has 2 aromatic carbocycles. The first-order valence-electron chi connectivity index (χ1n) is 7.90. The van der Waals surface area contributed by atoms with Gasteiger partial charge >= 0.3 is 5.97 Å². The number of hydrogen-bond acceptors (Lipinski definition) is 4. The second-order valence-electron chi connectivity index (χ2n) is 5.82. The highest BCUT2D eigenvalue weighted by Crippen LogP contribution is 2.26. The van der Waals surface area contributed by atoms with Crippen LogP contribution >= 0.6 is 11.9 Å². The van der Waals surface area contributed by atoms with Gasteiger partial charge in [0.05, 0.1) is 13.7 Å². The maximum Gasteiger partial charge on any atom is 0.341 e. The molecule has 3 aromatic rings. The van der Waals surface area contributed by atoms with E-state index in [0.29, 0.717) is 13.0 Å². The molecule has 1 atom stereocenters. The minimum atomic E-state index is -0.803. The van der Waals surface area contributed by atoms with Gasteiger partial charge in [-0.15, -0.1) is 0 Å². The van der Waals surface area contributed by atoms with Gasteiger partial charge in [0.15, 0.2) is 0 Å². The van der Waals surface area contributed by atoms with E-state index in [1.165, 1.54) is 0 Å². The van der Waals surface area contributed by atoms with Crippen LogP contribution < -0.4 is 10.5 Å². The number of fused-ring (bicyclic) bond motifs is 1. The number of hydrogen-bond donors (Lipinski definition) is 1. The van der Waals surface area contributed by atoms with E-state index in [2.05, 4.69) is 8.86 Å². The lowest BCUT2D eigenvalue weighted by molar-refractivity contribution is -0.135. The highest BCUT2D eigenvalue weighted by atomic mass is 35.5. The van der Waals surface area contributed by atoms with Crippen LogP contribution in [0.5, 0.6) is 5.75 Å². The van der Waals surface area contributed by atoms with E-state index in [0.717, 1.165) is 27.8 Å². The molecule has 0 spiro atoms. The van der Waals surface area contributed by atoms with Crippen molar-refractivity contribution >= 4 is 28.7 Å². The van der Waals surface area contributed by atoms with Crippen molar-refractivity contribution < 1.29 is 13.8 Å². The Morgan fingerprint density at radius 2 is 1.88 bits per heavy atom. The first kappa shape index (κ1) is 17.3. The van der Waals surface area contributed by atoms with Crippen molar-refractivity contribution in [3.63, 3.8) is 0 Å². The molecule has 6 heteroatoms. The van der Waals surface area contributed by atoms with E-state index < -0.39 is 12.0 Å². The Morgan fingerprint density at radius 1 is 1.16 bits per heavy atom. The lowest BCUT2D eigenvalue weighted by atomic mass is 10.1. The van der Waals surface area contributed by atoms with Crippen molar-refractivity contribution in [1.29, 1.82) is 0 Å². The fraction of sp³-hybridized carbons (Fsp3) is 0.211. The molecule has 1 heterocycles. The zero-order chi connectivity index (χ0) is 17.8. The summed E-state index contributed by atoms with van der Waals surface area (Å²) >= 11 is 5.13. The number of aromatic nitrogens is 1. The molecule has 0 fully saturated rings. The number of carbonyl (C=O) groups is 1. The molecule has 0 aliphatic carbocycles. The van der Waals surface area contributed by atoms with Crippen molar-refractivity contribution in [2.75, 3.05) is 7.11 Å². The van der Waals surface area contributed by atoms with Gasteiger partial charge in [0.1, 0.15) is 23.7 Å². The Labute approximate surface area is 151 Å². The Kier molecular flexibility index (Phi) is 5.26. The molecule has 0 bridgehead atoms. The number of carbonyl (C=O) groups excluding carboxylic acids is 1. The van der Waals surface area contributed by atoms with Crippen molar-refractivity contribution in [2.24, 2.45) is 5.73 Å². The van der Waals surface area contributed by atoms with Crippen LogP contribution in [0.3, 0.4) is 0 Å². The molecular formula is C19H19ClN2O3. The molecule has 0 saturated heterocycles. The molecule has 3 rings (SSSR count). The molecule has 5 nitrogen and oxygen atoms in total. The molecule has 0 amide bonds. The van der Waals surface area contributed by atoms with Gasteiger partial charge in [-0.25, -0.2) is 4.79 Å². The molecule has 25 heavy (non-hydrogen) atoms. The third-order valence-corrected chi connectivity index (χ3v) is 4.38. The van der Waals surface area contributed by atoms with Crippen LogP contribution in [-0.4, -0.2) is 23.7 Å². The van der Waals surface area contributed by atoms with Crippen molar-refractivity contribution in [3.8, 4) is 5.75 Å². The number of methoxy groups -OCH3 is 1. The average molecular weight is 359 g/mol. The van der Waals surface area contributed by atoms with E-state index in [-0.39, 0.29) is 0 Å². The Balaban J connectivity index is 1.98. The molecule has 0 unspecified atom stereocenters. The third-order valence-electron chi connectivity index (χ3n) is 4.22. The summed E-state index contributed by atoms with van der Waals surface area (Å²) < 4.78 is 11.8. The summed E-state index contributed by atoms with van der Waals surface area (Å²) in [5.41, 5.74) is 8.98. The number of ether oxygens (including phenoxy) is 1. The van der Waals surface area contributed by atoms with Gasteiger partial charge in [-0.1, -0.05) is 36.4 Å². The van der Waals surface area contributed by atoms with Crippen LogP contribution in [0, 0.1) is 0 Å². The smallest absolute Gasteiger partial charge is 0.341 e. The zero-order valence-electron chi connectivity index (χ0n) is 13.8. The van der Waals surface area contributed by atoms with Gasteiger partial charge in [0.25, 0.3) is 0 Å². The standard InChI is InChI=1S/C19H19ClN2O3/c1-24-18-9-5-2-6-13(18)11-22-12-14(10-16(21)19(23)25-20)15-7-3-4-8-17(15)22/h2-9,12,16H,10-11,21H2,1H3/t16-/m0/s1. The predicted octanol–water partition coefficient (Wildman–Crippen LogP) is 3.27. The van der Waals surface area contributed by atoms with Gasteiger partial charge in [-0.2, -0.15) is 0 Å². The van der Waals surface area contributed by atoms with Crippen LogP contribution in [0.25, 0.3) is 10.9 Å². The van der Waals surface area contributed by atoms with Crippen LogP contribution in [0.2, 0.25) is 0 Å². The molecule has 0 aliphatic rings. The van der Waals surface area contributed by atoms with E-state index in [4.69, 9.17) is 22.3 Å². The summed E-state index contributed by atoms with van der Waals surface area (Å²) in [5, 5.41) is 1.05. The van der Waals surface area contributed by atoms with Crippen molar-refractivity contribution in [2.45, 2.75) is 19.0 Å². The quantitative estimate of drug-likeness (QED) is 0.734. The Morgan fingerprint density at radius 3 is 2.64 bits per heavy atom. The van der Waals surface area contributed by atoms with Crippen molar-refractivity contribution in [1.82, 2.24) is 4.57 Å². The average Bonchev–Trinajstić information content (AvgIpc) is 2.99. The second-order valence-corrected chi connectivity index (χ2v) is 5.97. The van der Waals surface area contributed by atoms with Gasteiger partial charge in [0, 0.05) is 29.1 Å². The van der Waals surface area contributed by atoms with E-state index in [1.807, 2.05) is 54.7 Å². The fourth-order valence-electron chi connectivity index (χ4n) is 3.01. The van der Waals surface area contributed by atoms with Crippen LogP contribution in [0.15, 0.2) is 54.7 Å². The highest BCUT2D eigenvalue weighted by Gasteiger charge is 2.19. The Bertz CT molecular complexity index is 891. The highest BCUT2D eigenvalue weighted by molar-refractivity contribution is 6.13. The summed E-state index contributed by atoms with van der Waals surface area (Å²) in [7, 11) is 1.66. The fourth-order valence-corrected chi connectivity index (χ4v) is 3.13. The maximum atomic E-state index is 11.5. The minimum absolute atomic E-state index is 0.352. The van der Waals surface area contributed by atoms with Gasteiger partial charge in [-0.05, 0) is 17.7 Å². The third kappa shape index (κ3) is 3.62. The monoisotopic (exact) mass is 358 g/mol. The summed E-state index contributed by atoms with van der Waals surface area (Å²) in [6.07, 6.45) is 2.36. The van der Waals surface area contributed by atoms with E-state index in [9.17, 15) is 4.79 Å². The van der Waals surface area contributed by atoms with Crippen LogP contribution in [0.4, 0.5) is 0 Å². The predicted molar refractivity (Wildman–Crippen MR) is 97.7 cm³/mol.